The summed E-state index contributed by atoms with van der Waals surface area (Å²) in [6.07, 6.45) is 3.01. The standard InChI is InChI=1S/C18H22N4O4/c1-24-14-7-12-5-6-22(10-13(12)8-15(14)25-2)18(23)19-9-16-20-17(21-26-16)11-3-4-11/h7-8,11H,3-6,9-10H2,1-2H3,(H,19,23). The number of carbonyl (C=O) groups excluding carboxylic acids is 1. The minimum atomic E-state index is -0.142. The molecule has 0 radical (unpaired) electrons. The fourth-order valence-electron chi connectivity index (χ4n) is 3.17. The third-order valence-corrected chi connectivity index (χ3v) is 4.82. The molecule has 2 heterocycles. The number of hydrogen-bond acceptors (Lipinski definition) is 6. The van der Waals surface area contributed by atoms with E-state index in [0.29, 0.717) is 36.4 Å². The Hall–Kier alpha value is -2.77. The Morgan fingerprint density at radius 1 is 1.27 bits per heavy atom. The molecule has 1 saturated carbocycles. The Bertz CT molecular complexity index is 816. The number of fused-ring (bicyclic) bond motifs is 1. The van der Waals surface area contributed by atoms with E-state index in [-0.39, 0.29) is 12.6 Å². The summed E-state index contributed by atoms with van der Waals surface area (Å²) in [6, 6.07) is 3.78. The van der Waals surface area contributed by atoms with Crippen molar-refractivity contribution in [3.63, 3.8) is 0 Å². The molecule has 0 atom stereocenters. The molecular weight excluding hydrogens is 336 g/mol. The van der Waals surface area contributed by atoms with Crippen LogP contribution in [-0.4, -0.2) is 41.8 Å². The number of methoxy groups -OCH3 is 2. The third-order valence-electron chi connectivity index (χ3n) is 4.82. The summed E-state index contributed by atoms with van der Waals surface area (Å²) >= 11 is 0. The van der Waals surface area contributed by atoms with Gasteiger partial charge in [-0.3, -0.25) is 0 Å². The van der Waals surface area contributed by atoms with Gasteiger partial charge < -0.3 is 24.2 Å². The van der Waals surface area contributed by atoms with E-state index in [9.17, 15) is 4.79 Å². The summed E-state index contributed by atoms with van der Waals surface area (Å²) in [4.78, 5) is 18.6. The molecule has 1 aromatic carbocycles. The van der Waals surface area contributed by atoms with Crippen molar-refractivity contribution >= 4 is 6.03 Å². The van der Waals surface area contributed by atoms with Gasteiger partial charge in [-0.25, -0.2) is 4.79 Å². The monoisotopic (exact) mass is 358 g/mol. The summed E-state index contributed by atoms with van der Waals surface area (Å²) in [5, 5.41) is 6.82. The second kappa shape index (κ2) is 6.86. The second-order valence-electron chi connectivity index (χ2n) is 6.63. The molecule has 2 aliphatic rings. The first-order valence-electron chi connectivity index (χ1n) is 8.77. The minimum Gasteiger partial charge on any atom is -0.493 e. The first kappa shape index (κ1) is 16.7. The zero-order valence-corrected chi connectivity index (χ0v) is 14.9. The lowest BCUT2D eigenvalue weighted by Crippen LogP contribution is -2.42. The molecule has 0 unspecified atom stereocenters. The van der Waals surface area contributed by atoms with Gasteiger partial charge >= 0.3 is 6.03 Å². The number of rotatable bonds is 5. The van der Waals surface area contributed by atoms with E-state index in [1.165, 1.54) is 5.56 Å². The van der Waals surface area contributed by atoms with Gasteiger partial charge in [0.05, 0.1) is 20.8 Å². The summed E-state index contributed by atoms with van der Waals surface area (Å²) < 4.78 is 15.9. The van der Waals surface area contributed by atoms with Crippen molar-refractivity contribution in [2.45, 2.75) is 38.3 Å². The van der Waals surface area contributed by atoms with Crippen molar-refractivity contribution in [1.29, 1.82) is 0 Å². The van der Waals surface area contributed by atoms with E-state index in [1.54, 1.807) is 19.1 Å². The van der Waals surface area contributed by atoms with E-state index in [4.69, 9.17) is 14.0 Å². The molecule has 2 aromatic rings. The number of urea groups is 1. The lowest BCUT2D eigenvalue weighted by atomic mass is 9.99. The van der Waals surface area contributed by atoms with Gasteiger partial charge in [0.1, 0.15) is 0 Å². The van der Waals surface area contributed by atoms with Crippen molar-refractivity contribution in [3.8, 4) is 11.5 Å². The maximum atomic E-state index is 12.5. The number of ether oxygens (including phenoxy) is 2. The van der Waals surface area contributed by atoms with Crippen LogP contribution < -0.4 is 14.8 Å². The molecule has 1 fully saturated rings. The maximum Gasteiger partial charge on any atom is 0.318 e. The molecular formula is C18H22N4O4. The molecule has 8 heteroatoms. The van der Waals surface area contributed by atoms with Crippen LogP contribution in [0.25, 0.3) is 0 Å². The number of hydrogen-bond donors (Lipinski definition) is 1. The molecule has 0 saturated heterocycles. The van der Waals surface area contributed by atoms with Crippen LogP contribution in [0.1, 0.15) is 41.6 Å². The smallest absolute Gasteiger partial charge is 0.318 e. The van der Waals surface area contributed by atoms with Crippen molar-refractivity contribution in [2.75, 3.05) is 20.8 Å². The van der Waals surface area contributed by atoms with E-state index >= 15 is 0 Å². The molecule has 138 valence electrons. The highest BCUT2D eigenvalue weighted by molar-refractivity contribution is 5.74. The summed E-state index contributed by atoms with van der Waals surface area (Å²) in [5.41, 5.74) is 2.25. The Kier molecular flexibility index (Phi) is 4.40. The molecule has 4 rings (SSSR count). The summed E-state index contributed by atoms with van der Waals surface area (Å²) in [6.45, 7) is 1.41. The molecule has 1 aromatic heterocycles. The van der Waals surface area contributed by atoms with Gasteiger partial charge in [-0.1, -0.05) is 5.16 Å². The number of benzene rings is 1. The third kappa shape index (κ3) is 3.31. The predicted octanol–water partition coefficient (Wildman–Crippen LogP) is 2.23. The highest BCUT2D eigenvalue weighted by Gasteiger charge is 2.29. The van der Waals surface area contributed by atoms with Crippen LogP contribution >= 0.6 is 0 Å². The number of amides is 2. The molecule has 1 aliphatic carbocycles. The van der Waals surface area contributed by atoms with Gasteiger partial charge in [0.15, 0.2) is 17.3 Å². The summed E-state index contributed by atoms with van der Waals surface area (Å²) in [7, 11) is 3.23. The lowest BCUT2D eigenvalue weighted by molar-refractivity contribution is 0.190. The van der Waals surface area contributed by atoms with Crippen LogP contribution in [0.3, 0.4) is 0 Å². The first-order valence-corrected chi connectivity index (χ1v) is 8.77. The number of aromatic nitrogens is 2. The highest BCUT2D eigenvalue weighted by Crippen LogP contribution is 2.38. The Morgan fingerprint density at radius 3 is 2.69 bits per heavy atom. The molecule has 1 N–H and O–H groups in total. The zero-order valence-electron chi connectivity index (χ0n) is 14.9. The van der Waals surface area contributed by atoms with E-state index in [2.05, 4.69) is 15.5 Å². The summed E-state index contributed by atoms with van der Waals surface area (Å²) in [5.74, 6) is 3.03. The number of nitrogens with one attached hydrogen (secondary N) is 1. The zero-order chi connectivity index (χ0) is 18.1. The fourth-order valence-corrected chi connectivity index (χ4v) is 3.17. The number of carbonyl (C=O) groups is 1. The Morgan fingerprint density at radius 2 is 2.00 bits per heavy atom. The predicted molar refractivity (Wildman–Crippen MR) is 92.2 cm³/mol. The van der Waals surface area contributed by atoms with Crippen LogP contribution in [0, 0.1) is 0 Å². The molecule has 0 spiro atoms. The molecule has 26 heavy (non-hydrogen) atoms. The minimum absolute atomic E-state index is 0.142. The Labute approximate surface area is 151 Å². The van der Waals surface area contributed by atoms with E-state index in [0.717, 1.165) is 30.7 Å². The first-order chi connectivity index (χ1) is 12.7. The molecule has 0 bridgehead atoms. The van der Waals surface area contributed by atoms with Gasteiger partial charge in [0.2, 0.25) is 5.89 Å². The van der Waals surface area contributed by atoms with Crippen molar-refractivity contribution in [1.82, 2.24) is 20.4 Å². The van der Waals surface area contributed by atoms with E-state index < -0.39 is 0 Å². The van der Waals surface area contributed by atoms with Gasteiger partial charge in [-0.2, -0.15) is 4.98 Å². The normalized spacial score (nSPS) is 16.2. The van der Waals surface area contributed by atoms with Gasteiger partial charge in [0.25, 0.3) is 0 Å². The van der Waals surface area contributed by atoms with Gasteiger partial charge in [-0.15, -0.1) is 0 Å². The van der Waals surface area contributed by atoms with Crippen LogP contribution in [0.4, 0.5) is 4.79 Å². The van der Waals surface area contributed by atoms with Crippen molar-refractivity contribution in [2.24, 2.45) is 0 Å². The Balaban J connectivity index is 1.38. The lowest BCUT2D eigenvalue weighted by Gasteiger charge is -2.29. The maximum absolute atomic E-state index is 12.5. The topological polar surface area (TPSA) is 89.7 Å². The van der Waals surface area contributed by atoms with Crippen LogP contribution in [0.5, 0.6) is 11.5 Å². The number of nitrogens with zero attached hydrogens (tertiary/aromatic N) is 3. The molecule has 8 nitrogen and oxygen atoms in total. The van der Waals surface area contributed by atoms with Gasteiger partial charge in [0, 0.05) is 19.0 Å². The average molecular weight is 358 g/mol. The molecule has 1 aliphatic heterocycles. The highest BCUT2D eigenvalue weighted by atomic mass is 16.5. The van der Waals surface area contributed by atoms with Crippen LogP contribution in [-0.2, 0) is 19.5 Å². The van der Waals surface area contributed by atoms with Crippen LogP contribution in [0.15, 0.2) is 16.7 Å². The average Bonchev–Trinajstić information content (AvgIpc) is 3.42. The van der Waals surface area contributed by atoms with Crippen LogP contribution in [0.2, 0.25) is 0 Å². The SMILES string of the molecule is COc1cc2c(cc1OC)CN(C(=O)NCc1nc(C3CC3)no1)CC2. The van der Waals surface area contributed by atoms with Crippen molar-refractivity contribution in [3.05, 3.63) is 35.0 Å². The molecule has 2 amide bonds. The van der Waals surface area contributed by atoms with Crippen molar-refractivity contribution < 1.29 is 18.8 Å². The van der Waals surface area contributed by atoms with Gasteiger partial charge in [-0.05, 0) is 42.5 Å². The fraction of sp³-hybridized carbons (Fsp3) is 0.500. The second-order valence-corrected chi connectivity index (χ2v) is 6.63. The largest absolute Gasteiger partial charge is 0.493 e. The van der Waals surface area contributed by atoms with E-state index in [1.807, 2.05) is 12.1 Å². The quantitative estimate of drug-likeness (QED) is 0.882.